The fraction of sp³-hybridized carbons (Fsp3) is 0.250. The topological polar surface area (TPSA) is 106 Å². The lowest BCUT2D eigenvalue weighted by atomic mass is 10.2. The average Bonchev–Trinajstić information content (AvgIpc) is 2.70. The van der Waals surface area contributed by atoms with E-state index in [2.05, 4.69) is 10.7 Å². The molecule has 0 atom stereocenters. The van der Waals surface area contributed by atoms with E-state index in [0.29, 0.717) is 18.1 Å². The van der Waals surface area contributed by atoms with Crippen LogP contribution in [-0.4, -0.2) is 30.4 Å². The van der Waals surface area contributed by atoms with Crippen molar-refractivity contribution in [1.82, 2.24) is 16.2 Å². The van der Waals surface area contributed by atoms with Gasteiger partial charge in [0.05, 0.1) is 0 Å². The van der Waals surface area contributed by atoms with Gasteiger partial charge in [-0.1, -0.05) is 30.3 Å². The largest absolute Gasteiger partial charge is 0.489 e. The number of hydrogen-bond acceptors (Lipinski definition) is 5. The standard InChI is InChI=1S/C20H23N3O5/c1-14(2)21-19(25)20(26)23-22-18(24)13-28-17-10-8-16(9-11-17)27-12-15-6-4-3-5-7-15/h3-11,14H,12-13H2,1-2H3,(H,21,25)(H,22,24)(H,23,26). The zero-order valence-electron chi connectivity index (χ0n) is 15.7. The molecule has 0 bridgehead atoms. The van der Waals surface area contributed by atoms with Gasteiger partial charge >= 0.3 is 11.8 Å². The highest BCUT2D eigenvalue weighted by Crippen LogP contribution is 2.18. The molecule has 8 heteroatoms. The maximum atomic E-state index is 11.7. The minimum Gasteiger partial charge on any atom is -0.489 e. The van der Waals surface area contributed by atoms with Crippen molar-refractivity contribution >= 4 is 17.7 Å². The molecule has 28 heavy (non-hydrogen) atoms. The number of carbonyl (C=O) groups is 3. The lowest BCUT2D eigenvalue weighted by Crippen LogP contribution is -2.50. The van der Waals surface area contributed by atoms with Gasteiger partial charge in [0, 0.05) is 6.04 Å². The van der Waals surface area contributed by atoms with Crippen LogP contribution in [0.25, 0.3) is 0 Å². The Morgan fingerprint density at radius 1 is 0.821 bits per heavy atom. The van der Waals surface area contributed by atoms with Gasteiger partial charge in [-0.2, -0.15) is 0 Å². The predicted molar refractivity (Wildman–Crippen MR) is 102 cm³/mol. The van der Waals surface area contributed by atoms with Gasteiger partial charge in [0.25, 0.3) is 5.91 Å². The summed E-state index contributed by atoms with van der Waals surface area (Å²) < 4.78 is 11.0. The van der Waals surface area contributed by atoms with Gasteiger partial charge in [-0.05, 0) is 43.7 Å². The molecule has 2 aromatic rings. The molecule has 3 amide bonds. The first kappa shape index (κ1) is 20.8. The van der Waals surface area contributed by atoms with Crippen LogP contribution in [0, 0.1) is 0 Å². The minimum atomic E-state index is -0.957. The summed E-state index contributed by atoms with van der Waals surface area (Å²) in [7, 11) is 0. The second-order valence-corrected chi connectivity index (χ2v) is 6.16. The van der Waals surface area contributed by atoms with Crippen LogP contribution in [0.5, 0.6) is 11.5 Å². The Morgan fingerprint density at radius 3 is 2.04 bits per heavy atom. The van der Waals surface area contributed by atoms with E-state index in [1.165, 1.54) is 0 Å². The molecule has 0 unspecified atom stereocenters. The summed E-state index contributed by atoms with van der Waals surface area (Å²) in [6, 6.07) is 16.4. The van der Waals surface area contributed by atoms with Crippen LogP contribution in [0.3, 0.4) is 0 Å². The van der Waals surface area contributed by atoms with Crippen molar-refractivity contribution in [3.05, 3.63) is 60.2 Å². The van der Waals surface area contributed by atoms with Crippen molar-refractivity contribution in [3.63, 3.8) is 0 Å². The molecule has 0 radical (unpaired) electrons. The molecule has 148 valence electrons. The average molecular weight is 385 g/mol. The molecule has 3 N–H and O–H groups in total. The highest BCUT2D eigenvalue weighted by Gasteiger charge is 2.15. The zero-order valence-corrected chi connectivity index (χ0v) is 15.7. The first-order valence-electron chi connectivity index (χ1n) is 8.73. The summed E-state index contributed by atoms with van der Waals surface area (Å²) in [4.78, 5) is 34.6. The molecule has 2 aromatic carbocycles. The number of nitrogens with one attached hydrogen (secondary N) is 3. The fourth-order valence-electron chi connectivity index (χ4n) is 2.07. The molecule has 0 saturated heterocycles. The summed E-state index contributed by atoms with van der Waals surface area (Å²) >= 11 is 0. The Labute approximate surface area is 163 Å². The van der Waals surface area contributed by atoms with E-state index in [1.807, 2.05) is 35.8 Å². The number of rotatable bonds is 7. The maximum absolute atomic E-state index is 11.7. The summed E-state index contributed by atoms with van der Waals surface area (Å²) in [5.41, 5.74) is 5.18. The zero-order chi connectivity index (χ0) is 20.4. The Bertz CT molecular complexity index is 791. The second-order valence-electron chi connectivity index (χ2n) is 6.16. The summed E-state index contributed by atoms with van der Waals surface area (Å²) in [6.45, 7) is 3.56. The molecule has 0 aromatic heterocycles. The van der Waals surface area contributed by atoms with E-state index < -0.39 is 17.7 Å². The van der Waals surface area contributed by atoms with Crippen LogP contribution in [0.15, 0.2) is 54.6 Å². The van der Waals surface area contributed by atoms with Gasteiger partial charge in [-0.15, -0.1) is 0 Å². The molecule has 0 saturated carbocycles. The predicted octanol–water partition coefficient (Wildman–Crippen LogP) is 1.32. The Hall–Kier alpha value is -3.55. The number of hydrazine groups is 1. The molecule has 8 nitrogen and oxygen atoms in total. The molecule has 0 aliphatic carbocycles. The van der Waals surface area contributed by atoms with Crippen LogP contribution in [-0.2, 0) is 21.0 Å². The number of hydrogen-bond donors (Lipinski definition) is 3. The molecule has 0 heterocycles. The molecule has 0 spiro atoms. The van der Waals surface area contributed by atoms with Crippen LogP contribution < -0.4 is 25.6 Å². The Kier molecular flexibility index (Phi) is 7.83. The summed E-state index contributed by atoms with van der Waals surface area (Å²) in [6.07, 6.45) is 0. The van der Waals surface area contributed by atoms with Crippen LogP contribution >= 0.6 is 0 Å². The van der Waals surface area contributed by atoms with Crippen LogP contribution in [0.1, 0.15) is 19.4 Å². The van der Waals surface area contributed by atoms with Crippen molar-refractivity contribution in [2.24, 2.45) is 0 Å². The second kappa shape index (κ2) is 10.6. The molecule has 2 rings (SSSR count). The molecule has 0 fully saturated rings. The van der Waals surface area contributed by atoms with Gasteiger partial charge in [-0.3, -0.25) is 25.2 Å². The van der Waals surface area contributed by atoms with Crippen LogP contribution in [0.2, 0.25) is 0 Å². The SMILES string of the molecule is CC(C)NC(=O)C(=O)NNC(=O)COc1ccc(OCc2ccccc2)cc1. The number of carbonyl (C=O) groups excluding carboxylic acids is 3. The molecular formula is C20H23N3O5. The van der Waals surface area contributed by atoms with E-state index in [1.54, 1.807) is 38.1 Å². The third-order valence-corrected chi connectivity index (χ3v) is 3.38. The first-order chi connectivity index (χ1) is 13.4. The third-order valence-electron chi connectivity index (χ3n) is 3.38. The fourth-order valence-corrected chi connectivity index (χ4v) is 2.07. The number of amides is 3. The van der Waals surface area contributed by atoms with Gasteiger partial charge in [0.2, 0.25) is 0 Å². The highest BCUT2D eigenvalue weighted by molar-refractivity contribution is 6.35. The summed E-state index contributed by atoms with van der Waals surface area (Å²) in [5.74, 6) is -1.26. The van der Waals surface area contributed by atoms with E-state index in [-0.39, 0.29) is 12.6 Å². The number of benzene rings is 2. The van der Waals surface area contributed by atoms with Gasteiger partial charge in [-0.25, -0.2) is 0 Å². The van der Waals surface area contributed by atoms with E-state index in [0.717, 1.165) is 5.56 Å². The van der Waals surface area contributed by atoms with Gasteiger partial charge in [0.1, 0.15) is 18.1 Å². The quantitative estimate of drug-likeness (QED) is 0.492. The Morgan fingerprint density at radius 2 is 1.43 bits per heavy atom. The molecular weight excluding hydrogens is 362 g/mol. The van der Waals surface area contributed by atoms with E-state index in [9.17, 15) is 14.4 Å². The normalized spacial score (nSPS) is 10.1. The maximum Gasteiger partial charge on any atom is 0.327 e. The lowest BCUT2D eigenvalue weighted by Gasteiger charge is -2.11. The lowest BCUT2D eigenvalue weighted by molar-refractivity contribution is -0.141. The minimum absolute atomic E-state index is 0.183. The Balaban J connectivity index is 1.70. The van der Waals surface area contributed by atoms with Gasteiger partial charge < -0.3 is 14.8 Å². The van der Waals surface area contributed by atoms with Crippen molar-refractivity contribution in [3.8, 4) is 11.5 Å². The molecule has 0 aliphatic heterocycles. The van der Waals surface area contributed by atoms with Gasteiger partial charge in [0.15, 0.2) is 6.61 Å². The first-order valence-corrected chi connectivity index (χ1v) is 8.73. The van der Waals surface area contributed by atoms with Crippen molar-refractivity contribution in [2.75, 3.05) is 6.61 Å². The highest BCUT2D eigenvalue weighted by atomic mass is 16.5. The molecule has 0 aliphatic rings. The smallest absolute Gasteiger partial charge is 0.327 e. The third kappa shape index (κ3) is 7.36. The van der Waals surface area contributed by atoms with E-state index >= 15 is 0 Å². The monoisotopic (exact) mass is 385 g/mol. The van der Waals surface area contributed by atoms with Crippen molar-refractivity contribution in [2.45, 2.75) is 26.5 Å². The van der Waals surface area contributed by atoms with Crippen LogP contribution in [0.4, 0.5) is 0 Å². The summed E-state index contributed by atoms with van der Waals surface area (Å²) in [5, 5.41) is 2.40. The van der Waals surface area contributed by atoms with E-state index in [4.69, 9.17) is 9.47 Å². The van der Waals surface area contributed by atoms with Crippen molar-refractivity contribution < 1.29 is 23.9 Å². The number of ether oxygens (including phenoxy) is 2. The van der Waals surface area contributed by atoms with Crippen molar-refractivity contribution in [1.29, 1.82) is 0 Å².